The van der Waals surface area contributed by atoms with Crippen LogP contribution in [-0.4, -0.2) is 32.6 Å². The average Bonchev–Trinajstić information content (AvgIpc) is 3.22. The number of fused-ring (bicyclic) bond motifs is 1. The number of benzene rings is 2. The lowest BCUT2D eigenvalue weighted by Crippen LogP contribution is -2.43. The molecule has 0 radical (unpaired) electrons. The predicted molar refractivity (Wildman–Crippen MR) is 97.0 cm³/mol. The summed E-state index contributed by atoms with van der Waals surface area (Å²) >= 11 is 0. The van der Waals surface area contributed by atoms with E-state index in [0.29, 0.717) is 12.0 Å². The van der Waals surface area contributed by atoms with Gasteiger partial charge in [-0.05, 0) is 48.6 Å². The van der Waals surface area contributed by atoms with Gasteiger partial charge in [0.1, 0.15) is 5.60 Å². The molecule has 1 aliphatic rings. The monoisotopic (exact) mass is 348 g/mol. The van der Waals surface area contributed by atoms with Crippen LogP contribution in [0.2, 0.25) is 0 Å². The number of nitrogens with zero attached hydrogens (tertiary/aromatic N) is 3. The fourth-order valence-corrected chi connectivity index (χ4v) is 3.55. The van der Waals surface area contributed by atoms with E-state index in [9.17, 15) is 9.90 Å². The molecule has 0 spiro atoms. The Kier molecular flexibility index (Phi) is 4.26. The molecule has 1 aromatic heterocycles. The molecule has 1 unspecified atom stereocenters. The number of aliphatic hydroxyl groups is 1. The summed E-state index contributed by atoms with van der Waals surface area (Å²) in [6.07, 6.45) is 5.82. The van der Waals surface area contributed by atoms with Crippen LogP contribution < -0.4 is 5.32 Å². The van der Waals surface area contributed by atoms with E-state index in [1.807, 2.05) is 30.3 Å². The van der Waals surface area contributed by atoms with Crippen LogP contribution in [0.25, 0.3) is 5.69 Å². The van der Waals surface area contributed by atoms with Crippen molar-refractivity contribution in [1.29, 1.82) is 0 Å². The first-order valence-electron chi connectivity index (χ1n) is 8.71. The highest BCUT2D eigenvalue weighted by molar-refractivity contribution is 5.94. The number of rotatable bonds is 4. The Balaban J connectivity index is 1.51. The zero-order valence-corrected chi connectivity index (χ0v) is 14.3. The fraction of sp³-hybridized carbons (Fsp3) is 0.250. The Morgan fingerprint density at radius 1 is 1.23 bits per heavy atom. The summed E-state index contributed by atoms with van der Waals surface area (Å²) < 4.78 is 1.60. The van der Waals surface area contributed by atoms with E-state index in [1.165, 1.54) is 0 Å². The van der Waals surface area contributed by atoms with E-state index in [1.54, 1.807) is 35.3 Å². The average molecular weight is 348 g/mol. The largest absolute Gasteiger partial charge is 0.383 e. The number of carbonyl (C=O) groups excluding carboxylic acids is 1. The van der Waals surface area contributed by atoms with Crippen molar-refractivity contribution >= 4 is 5.91 Å². The molecular formula is C20H20N4O2. The lowest BCUT2D eigenvalue weighted by molar-refractivity contribution is 0.0189. The summed E-state index contributed by atoms with van der Waals surface area (Å²) in [6.45, 7) is 0.191. The number of amides is 1. The van der Waals surface area contributed by atoms with Crippen molar-refractivity contribution in [2.24, 2.45) is 0 Å². The van der Waals surface area contributed by atoms with Crippen LogP contribution in [0, 0.1) is 0 Å². The number of aryl methyl sites for hydroxylation is 1. The Bertz CT molecular complexity index is 923. The van der Waals surface area contributed by atoms with Gasteiger partial charge >= 0.3 is 0 Å². The maximum absolute atomic E-state index is 12.6. The van der Waals surface area contributed by atoms with Gasteiger partial charge < -0.3 is 10.4 Å². The summed E-state index contributed by atoms with van der Waals surface area (Å²) in [6, 6.07) is 15.1. The molecule has 2 N–H and O–H groups in total. The summed E-state index contributed by atoms with van der Waals surface area (Å²) in [5, 5.41) is 21.7. The number of aromatic nitrogens is 3. The second-order valence-electron chi connectivity index (χ2n) is 6.62. The van der Waals surface area contributed by atoms with Gasteiger partial charge in [-0.1, -0.05) is 35.5 Å². The predicted octanol–water partition coefficient (Wildman–Crippen LogP) is 2.22. The first-order chi connectivity index (χ1) is 12.7. The topological polar surface area (TPSA) is 80.0 Å². The highest BCUT2D eigenvalue weighted by Crippen LogP contribution is 2.34. The SMILES string of the molecule is O=C(NCC1(O)CCCc2ccccc21)c1cccc(-n2ccnn2)c1. The van der Waals surface area contributed by atoms with E-state index in [0.717, 1.165) is 29.7 Å². The Labute approximate surface area is 151 Å². The van der Waals surface area contributed by atoms with Gasteiger partial charge in [0.25, 0.3) is 5.91 Å². The molecule has 6 nitrogen and oxygen atoms in total. The molecule has 0 saturated heterocycles. The van der Waals surface area contributed by atoms with Crippen molar-refractivity contribution in [2.45, 2.75) is 24.9 Å². The van der Waals surface area contributed by atoms with E-state index < -0.39 is 5.60 Å². The van der Waals surface area contributed by atoms with E-state index in [4.69, 9.17) is 0 Å². The zero-order chi connectivity index (χ0) is 18.0. The minimum absolute atomic E-state index is 0.191. The molecule has 26 heavy (non-hydrogen) atoms. The lowest BCUT2D eigenvalue weighted by Gasteiger charge is -2.34. The van der Waals surface area contributed by atoms with Crippen LogP contribution >= 0.6 is 0 Å². The van der Waals surface area contributed by atoms with Crippen LogP contribution in [0.1, 0.15) is 34.3 Å². The van der Waals surface area contributed by atoms with Crippen molar-refractivity contribution in [3.05, 3.63) is 77.6 Å². The third kappa shape index (κ3) is 3.11. The van der Waals surface area contributed by atoms with Crippen molar-refractivity contribution in [3.8, 4) is 5.69 Å². The first kappa shape index (κ1) is 16.5. The van der Waals surface area contributed by atoms with Gasteiger partial charge in [0.05, 0.1) is 24.6 Å². The molecule has 6 heteroatoms. The zero-order valence-electron chi connectivity index (χ0n) is 14.3. The molecule has 3 aromatic rings. The molecule has 4 rings (SSSR count). The van der Waals surface area contributed by atoms with Gasteiger partial charge in [0.2, 0.25) is 0 Å². The molecule has 1 heterocycles. The molecule has 2 aromatic carbocycles. The number of hydrogen-bond acceptors (Lipinski definition) is 4. The van der Waals surface area contributed by atoms with Crippen molar-refractivity contribution in [3.63, 3.8) is 0 Å². The third-order valence-electron chi connectivity index (χ3n) is 4.89. The second kappa shape index (κ2) is 6.72. The van der Waals surface area contributed by atoms with Crippen LogP contribution in [0.15, 0.2) is 60.9 Å². The molecule has 0 saturated carbocycles. The van der Waals surface area contributed by atoms with Crippen molar-refractivity contribution in [1.82, 2.24) is 20.3 Å². The number of carbonyl (C=O) groups is 1. The Hall–Kier alpha value is -2.99. The van der Waals surface area contributed by atoms with Gasteiger partial charge in [-0.3, -0.25) is 4.79 Å². The highest BCUT2D eigenvalue weighted by Gasteiger charge is 2.34. The van der Waals surface area contributed by atoms with Crippen molar-refractivity contribution in [2.75, 3.05) is 6.54 Å². The summed E-state index contributed by atoms with van der Waals surface area (Å²) in [7, 11) is 0. The minimum Gasteiger partial charge on any atom is -0.383 e. The maximum Gasteiger partial charge on any atom is 0.251 e. The van der Waals surface area contributed by atoms with Gasteiger partial charge in [0, 0.05) is 5.56 Å². The first-order valence-corrected chi connectivity index (χ1v) is 8.71. The van der Waals surface area contributed by atoms with Crippen LogP contribution in [0.5, 0.6) is 0 Å². The standard InChI is InChI=1S/C20H20N4O2/c25-19(16-6-3-8-17(13-16)24-12-11-22-23-24)21-14-20(26)10-4-7-15-5-1-2-9-18(15)20/h1-3,5-6,8-9,11-13,26H,4,7,10,14H2,(H,21,25). The molecule has 0 fully saturated rings. The minimum atomic E-state index is -1.02. The molecule has 0 aliphatic heterocycles. The highest BCUT2D eigenvalue weighted by atomic mass is 16.3. The van der Waals surface area contributed by atoms with Crippen molar-refractivity contribution < 1.29 is 9.90 Å². The normalized spacial score (nSPS) is 19.0. The van der Waals surface area contributed by atoms with Gasteiger partial charge in [-0.15, -0.1) is 5.10 Å². The van der Waals surface area contributed by atoms with Gasteiger partial charge in [0.15, 0.2) is 0 Å². The molecule has 1 amide bonds. The van der Waals surface area contributed by atoms with Crippen LogP contribution in [-0.2, 0) is 12.0 Å². The Morgan fingerprint density at radius 2 is 2.12 bits per heavy atom. The smallest absolute Gasteiger partial charge is 0.251 e. The van der Waals surface area contributed by atoms with Crippen LogP contribution in [0.3, 0.4) is 0 Å². The van der Waals surface area contributed by atoms with Gasteiger partial charge in [-0.25, -0.2) is 4.68 Å². The van der Waals surface area contributed by atoms with Gasteiger partial charge in [-0.2, -0.15) is 0 Å². The molecule has 1 aliphatic carbocycles. The van der Waals surface area contributed by atoms with Crippen LogP contribution in [0.4, 0.5) is 0 Å². The van der Waals surface area contributed by atoms with E-state index >= 15 is 0 Å². The summed E-state index contributed by atoms with van der Waals surface area (Å²) in [5.74, 6) is -0.219. The molecule has 0 bridgehead atoms. The Morgan fingerprint density at radius 3 is 2.96 bits per heavy atom. The summed E-state index contributed by atoms with van der Waals surface area (Å²) in [4.78, 5) is 12.6. The maximum atomic E-state index is 12.6. The quantitative estimate of drug-likeness (QED) is 0.758. The fourth-order valence-electron chi connectivity index (χ4n) is 3.55. The van der Waals surface area contributed by atoms with E-state index in [2.05, 4.69) is 15.6 Å². The third-order valence-corrected chi connectivity index (χ3v) is 4.89. The molecule has 132 valence electrons. The molecular weight excluding hydrogens is 328 g/mol. The number of hydrogen-bond donors (Lipinski definition) is 2. The number of nitrogens with one attached hydrogen (secondary N) is 1. The van der Waals surface area contributed by atoms with E-state index in [-0.39, 0.29) is 12.5 Å². The summed E-state index contributed by atoms with van der Waals surface area (Å²) in [5.41, 5.74) is 2.34. The lowest BCUT2D eigenvalue weighted by atomic mass is 9.79. The second-order valence-corrected chi connectivity index (χ2v) is 6.62. The molecule has 1 atom stereocenters.